The minimum absolute atomic E-state index is 0.0334. The molecule has 1 fully saturated rings. The van der Waals surface area contributed by atoms with Gasteiger partial charge in [0.1, 0.15) is 0 Å². The zero-order valence-electron chi connectivity index (χ0n) is 11.5. The van der Waals surface area contributed by atoms with Gasteiger partial charge in [-0.05, 0) is 31.7 Å². The van der Waals surface area contributed by atoms with Crippen molar-refractivity contribution in [2.24, 2.45) is 11.8 Å². The smallest absolute Gasteiger partial charge is 0.310 e. The van der Waals surface area contributed by atoms with Crippen molar-refractivity contribution in [2.45, 2.75) is 58.4 Å². The van der Waals surface area contributed by atoms with Crippen LogP contribution in [0.1, 0.15) is 52.4 Å². The number of carbonyl (C=O) groups excluding carboxylic acids is 1. The van der Waals surface area contributed by atoms with Crippen molar-refractivity contribution < 1.29 is 9.53 Å². The van der Waals surface area contributed by atoms with Gasteiger partial charge in [0.25, 0.3) is 0 Å². The Labute approximate surface area is 105 Å². The molecule has 0 aromatic carbocycles. The second-order valence-corrected chi connectivity index (χ2v) is 5.51. The molecule has 1 N–H and O–H groups in total. The van der Waals surface area contributed by atoms with Crippen LogP contribution in [0, 0.1) is 11.8 Å². The fraction of sp³-hybridized carbons (Fsp3) is 0.929. The Morgan fingerprint density at radius 1 is 1.29 bits per heavy atom. The van der Waals surface area contributed by atoms with Crippen molar-refractivity contribution >= 4 is 5.97 Å². The monoisotopic (exact) mass is 241 g/mol. The molecule has 0 saturated heterocycles. The number of esters is 1. The first-order valence-corrected chi connectivity index (χ1v) is 6.96. The lowest BCUT2D eigenvalue weighted by Crippen LogP contribution is -2.40. The molecule has 0 bridgehead atoms. The zero-order chi connectivity index (χ0) is 12.7. The van der Waals surface area contributed by atoms with Crippen LogP contribution in [0.3, 0.4) is 0 Å². The molecule has 0 amide bonds. The van der Waals surface area contributed by atoms with Crippen LogP contribution in [0.5, 0.6) is 0 Å². The highest BCUT2D eigenvalue weighted by Gasteiger charge is 2.29. The van der Waals surface area contributed by atoms with E-state index in [1.165, 1.54) is 26.4 Å². The van der Waals surface area contributed by atoms with E-state index < -0.39 is 0 Å². The van der Waals surface area contributed by atoms with Gasteiger partial charge in [-0.15, -0.1) is 0 Å². The zero-order valence-corrected chi connectivity index (χ0v) is 11.5. The normalized spacial score (nSPS) is 25.6. The average Bonchev–Trinajstić information content (AvgIpc) is 2.53. The second kappa shape index (κ2) is 7.70. The number of hydrogen-bond donors (Lipinski definition) is 1. The number of carbonyl (C=O) groups is 1. The van der Waals surface area contributed by atoms with E-state index in [9.17, 15) is 4.79 Å². The Balaban J connectivity index is 2.47. The van der Waals surface area contributed by atoms with E-state index >= 15 is 0 Å². The minimum atomic E-state index is -0.0334. The second-order valence-electron chi connectivity index (χ2n) is 5.51. The van der Waals surface area contributed by atoms with Crippen LogP contribution in [-0.2, 0) is 9.53 Å². The van der Waals surface area contributed by atoms with Gasteiger partial charge in [0.15, 0.2) is 0 Å². The third kappa shape index (κ3) is 5.07. The standard InChI is InChI=1S/C14H27NO2/c1-11(2)9-10-15-13-8-6-4-5-7-12(13)14(16)17-3/h11-13,15H,4-10H2,1-3H3. The van der Waals surface area contributed by atoms with Gasteiger partial charge in [-0.2, -0.15) is 0 Å². The quantitative estimate of drug-likeness (QED) is 0.594. The summed E-state index contributed by atoms with van der Waals surface area (Å²) in [5, 5.41) is 3.56. The SMILES string of the molecule is COC(=O)C1CCCCCC1NCCC(C)C. The molecule has 1 rings (SSSR count). The lowest BCUT2D eigenvalue weighted by atomic mass is 9.94. The topological polar surface area (TPSA) is 38.3 Å². The number of nitrogens with one attached hydrogen (secondary N) is 1. The summed E-state index contributed by atoms with van der Waals surface area (Å²) in [6.45, 7) is 5.47. The van der Waals surface area contributed by atoms with Crippen LogP contribution in [-0.4, -0.2) is 25.7 Å². The molecule has 17 heavy (non-hydrogen) atoms. The van der Waals surface area contributed by atoms with Crippen molar-refractivity contribution in [2.75, 3.05) is 13.7 Å². The lowest BCUT2D eigenvalue weighted by molar-refractivity contribution is -0.146. The van der Waals surface area contributed by atoms with Gasteiger partial charge in [0.2, 0.25) is 0 Å². The summed E-state index contributed by atoms with van der Waals surface area (Å²) in [5.74, 6) is 0.744. The molecule has 0 spiro atoms. The summed E-state index contributed by atoms with van der Waals surface area (Å²) in [4.78, 5) is 11.8. The molecule has 0 radical (unpaired) electrons. The van der Waals surface area contributed by atoms with E-state index in [0.717, 1.165) is 25.8 Å². The van der Waals surface area contributed by atoms with Crippen LogP contribution in [0.4, 0.5) is 0 Å². The first-order valence-electron chi connectivity index (χ1n) is 6.96. The maximum absolute atomic E-state index is 11.8. The van der Waals surface area contributed by atoms with Crippen LogP contribution in [0.15, 0.2) is 0 Å². The predicted octanol–water partition coefficient (Wildman–Crippen LogP) is 2.74. The number of hydrogen-bond acceptors (Lipinski definition) is 3. The van der Waals surface area contributed by atoms with Gasteiger partial charge < -0.3 is 10.1 Å². The van der Waals surface area contributed by atoms with Crippen molar-refractivity contribution in [3.8, 4) is 0 Å². The fourth-order valence-corrected chi connectivity index (χ4v) is 2.54. The van der Waals surface area contributed by atoms with E-state index in [1.807, 2.05) is 0 Å². The van der Waals surface area contributed by atoms with Gasteiger partial charge in [-0.3, -0.25) is 4.79 Å². The molecular formula is C14H27NO2. The summed E-state index contributed by atoms with van der Waals surface area (Å²) in [6, 6.07) is 0.323. The van der Waals surface area contributed by atoms with Crippen LogP contribution >= 0.6 is 0 Å². The van der Waals surface area contributed by atoms with Crippen LogP contribution in [0.2, 0.25) is 0 Å². The van der Waals surface area contributed by atoms with E-state index in [4.69, 9.17) is 4.74 Å². The number of methoxy groups -OCH3 is 1. The van der Waals surface area contributed by atoms with Gasteiger partial charge in [0.05, 0.1) is 13.0 Å². The van der Waals surface area contributed by atoms with Crippen molar-refractivity contribution in [3.63, 3.8) is 0 Å². The fourth-order valence-electron chi connectivity index (χ4n) is 2.54. The first-order chi connectivity index (χ1) is 8.15. The largest absolute Gasteiger partial charge is 0.469 e. The maximum Gasteiger partial charge on any atom is 0.310 e. The molecule has 100 valence electrons. The third-order valence-electron chi connectivity index (χ3n) is 3.65. The van der Waals surface area contributed by atoms with Gasteiger partial charge >= 0.3 is 5.97 Å². The highest BCUT2D eigenvalue weighted by molar-refractivity contribution is 5.73. The van der Waals surface area contributed by atoms with Crippen molar-refractivity contribution in [3.05, 3.63) is 0 Å². The lowest BCUT2D eigenvalue weighted by Gasteiger charge is -2.24. The Morgan fingerprint density at radius 2 is 2.00 bits per heavy atom. The summed E-state index contributed by atoms with van der Waals surface area (Å²) >= 11 is 0. The van der Waals surface area contributed by atoms with Crippen molar-refractivity contribution in [1.82, 2.24) is 5.32 Å². The molecular weight excluding hydrogens is 214 g/mol. The molecule has 1 saturated carbocycles. The van der Waals surface area contributed by atoms with Gasteiger partial charge in [-0.25, -0.2) is 0 Å². The van der Waals surface area contributed by atoms with E-state index in [1.54, 1.807) is 0 Å². The minimum Gasteiger partial charge on any atom is -0.469 e. The van der Waals surface area contributed by atoms with Crippen LogP contribution in [0.25, 0.3) is 0 Å². The number of ether oxygens (including phenoxy) is 1. The highest BCUT2D eigenvalue weighted by Crippen LogP contribution is 2.24. The van der Waals surface area contributed by atoms with Gasteiger partial charge in [-0.1, -0.05) is 33.1 Å². The molecule has 3 heteroatoms. The third-order valence-corrected chi connectivity index (χ3v) is 3.65. The molecule has 1 aliphatic rings. The first kappa shape index (κ1) is 14.5. The Morgan fingerprint density at radius 3 is 2.65 bits per heavy atom. The molecule has 0 aliphatic heterocycles. The molecule has 0 aromatic heterocycles. The molecule has 1 aliphatic carbocycles. The van der Waals surface area contributed by atoms with Crippen LogP contribution < -0.4 is 5.32 Å². The summed E-state index contributed by atoms with van der Waals surface area (Å²) in [7, 11) is 1.50. The molecule has 3 nitrogen and oxygen atoms in total. The summed E-state index contributed by atoms with van der Waals surface area (Å²) < 4.78 is 4.92. The molecule has 2 unspecified atom stereocenters. The number of rotatable bonds is 5. The summed E-state index contributed by atoms with van der Waals surface area (Å²) in [5.41, 5.74) is 0. The maximum atomic E-state index is 11.8. The average molecular weight is 241 g/mol. The van der Waals surface area contributed by atoms with E-state index in [0.29, 0.717) is 12.0 Å². The highest BCUT2D eigenvalue weighted by atomic mass is 16.5. The van der Waals surface area contributed by atoms with Gasteiger partial charge in [0, 0.05) is 6.04 Å². The Hall–Kier alpha value is -0.570. The summed E-state index contributed by atoms with van der Waals surface area (Å²) in [6.07, 6.45) is 6.89. The molecule has 2 atom stereocenters. The van der Waals surface area contributed by atoms with Crippen molar-refractivity contribution in [1.29, 1.82) is 0 Å². The molecule has 0 aromatic rings. The van der Waals surface area contributed by atoms with E-state index in [2.05, 4.69) is 19.2 Å². The Bertz CT molecular complexity index is 228. The van der Waals surface area contributed by atoms with E-state index in [-0.39, 0.29) is 11.9 Å². The Kier molecular flexibility index (Phi) is 6.56. The predicted molar refractivity (Wildman–Crippen MR) is 69.8 cm³/mol. The molecule has 0 heterocycles.